The molecular weight excluding hydrogens is 234 g/mol. The van der Waals surface area contributed by atoms with Crippen molar-refractivity contribution in [1.82, 2.24) is 10.6 Å². The normalized spacial score (nSPS) is 11.6. The number of ether oxygens (including phenoxy) is 1. The summed E-state index contributed by atoms with van der Waals surface area (Å²) in [5.74, 6) is 2.03. The van der Waals surface area contributed by atoms with Crippen molar-refractivity contribution in [3.05, 3.63) is 0 Å². The molecule has 102 valence electrons. The van der Waals surface area contributed by atoms with Crippen LogP contribution in [0.1, 0.15) is 26.7 Å². The molecule has 0 aromatic carbocycles. The lowest BCUT2D eigenvalue weighted by Crippen LogP contribution is -2.38. The fourth-order valence-electron chi connectivity index (χ4n) is 1.26. The highest BCUT2D eigenvalue weighted by Crippen LogP contribution is 1.91. The molecule has 0 radical (unpaired) electrons. The second kappa shape index (κ2) is 13.6. The maximum atomic E-state index is 5.29. The summed E-state index contributed by atoms with van der Waals surface area (Å²) in [5, 5.41) is 6.55. The second-order valence-electron chi connectivity index (χ2n) is 3.58. The van der Waals surface area contributed by atoms with Crippen molar-refractivity contribution in [3.8, 4) is 0 Å². The van der Waals surface area contributed by atoms with E-state index in [0.717, 1.165) is 57.4 Å². The Morgan fingerprint density at radius 2 is 2.06 bits per heavy atom. The SMILES string of the molecule is CCNC(=NCCCCOCC)NCCSC. The summed E-state index contributed by atoms with van der Waals surface area (Å²) in [4.78, 5) is 4.51. The lowest BCUT2D eigenvalue weighted by Gasteiger charge is -2.10. The van der Waals surface area contributed by atoms with Crippen molar-refractivity contribution in [2.24, 2.45) is 4.99 Å². The van der Waals surface area contributed by atoms with Gasteiger partial charge in [-0.15, -0.1) is 0 Å². The number of nitrogens with zero attached hydrogens (tertiary/aromatic N) is 1. The average Bonchev–Trinajstić information content (AvgIpc) is 2.34. The first-order valence-corrected chi connectivity index (χ1v) is 7.83. The van der Waals surface area contributed by atoms with Gasteiger partial charge in [0.2, 0.25) is 0 Å². The van der Waals surface area contributed by atoms with Crippen molar-refractivity contribution < 1.29 is 4.74 Å². The number of thioether (sulfide) groups is 1. The van der Waals surface area contributed by atoms with Crippen LogP contribution in [0.4, 0.5) is 0 Å². The Kier molecular flexibility index (Phi) is 13.3. The van der Waals surface area contributed by atoms with Gasteiger partial charge >= 0.3 is 0 Å². The van der Waals surface area contributed by atoms with E-state index in [1.807, 2.05) is 18.7 Å². The molecule has 0 aromatic heterocycles. The van der Waals surface area contributed by atoms with Crippen LogP contribution in [0.5, 0.6) is 0 Å². The first kappa shape index (κ1) is 16.6. The van der Waals surface area contributed by atoms with E-state index in [-0.39, 0.29) is 0 Å². The Balaban J connectivity index is 3.62. The summed E-state index contributed by atoms with van der Waals surface area (Å²) in [7, 11) is 0. The molecule has 0 fully saturated rings. The molecular formula is C12H27N3OS. The van der Waals surface area contributed by atoms with Gasteiger partial charge in [0.25, 0.3) is 0 Å². The van der Waals surface area contributed by atoms with Gasteiger partial charge in [0.1, 0.15) is 0 Å². The third-order valence-electron chi connectivity index (χ3n) is 2.11. The zero-order valence-corrected chi connectivity index (χ0v) is 12.2. The Morgan fingerprint density at radius 1 is 1.24 bits per heavy atom. The van der Waals surface area contributed by atoms with Crippen LogP contribution < -0.4 is 10.6 Å². The monoisotopic (exact) mass is 261 g/mol. The molecule has 4 nitrogen and oxygen atoms in total. The quantitative estimate of drug-likeness (QED) is 0.357. The van der Waals surface area contributed by atoms with Gasteiger partial charge in [0, 0.05) is 38.6 Å². The van der Waals surface area contributed by atoms with E-state index in [9.17, 15) is 0 Å². The van der Waals surface area contributed by atoms with E-state index < -0.39 is 0 Å². The molecule has 0 saturated carbocycles. The average molecular weight is 261 g/mol. The zero-order valence-electron chi connectivity index (χ0n) is 11.4. The van der Waals surface area contributed by atoms with Gasteiger partial charge in [-0.2, -0.15) is 11.8 Å². The standard InChI is InChI=1S/C12H27N3OS/c1-4-13-12(15-9-11-17-3)14-8-6-7-10-16-5-2/h4-11H2,1-3H3,(H2,13,14,15). The number of rotatable bonds is 10. The molecule has 0 amide bonds. The molecule has 0 rings (SSSR count). The van der Waals surface area contributed by atoms with Gasteiger partial charge in [0.05, 0.1) is 0 Å². The predicted octanol–water partition coefficient (Wildman–Crippen LogP) is 1.72. The van der Waals surface area contributed by atoms with Gasteiger partial charge in [-0.05, 0) is 32.9 Å². The maximum absolute atomic E-state index is 5.29. The van der Waals surface area contributed by atoms with Crippen LogP contribution in [-0.4, -0.2) is 50.8 Å². The number of hydrogen-bond donors (Lipinski definition) is 2. The molecule has 0 aromatic rings. The van der Waals surface area contributed by atoms with Crippen LogP contribution in [0.3, 0.4) is 0 Å². The summed E-state index contributed by atoms with van der Waals surface area (Å²) in [6.45, 7) is 8.50. The van der Waals surface area contributed by atoms with Crippen LogP contribution in [0, 0.1) is 0 Å². The van der Waals surface area contributed by atoms with E-state index in [0.29, 0.717) is 0 Å². The van der Waals surface area contributed by atoms with Crippen molar-refractivity contribution in [1.29, 1.82) is 0 Å². The summed E-state index contributed by atoms with van der Waals surface area (Å²) >= 11 is 1.84. The molecule has 5 heteroatoms. The number of guanidine groups is 1. The third kappa shape index (κ3) is 11.8. The summed E-state index contributed by atoms with van der Waals surface area (Å²) < 4.78 is 5.29. The van der Waals surface area contributed by atoms with Gasteiger partial charge in [0.15, 0.2) is 5.96 Å². The van der Waals surface area contributed by atoms with Crippen molar-refractivity contribution in [3.63, 3.8) is 0 Å². The van der Waals surface area contributed by atoms with E-state index in [1.165, 1.54) is 0 Å². The molecule has 0 saturated heterocycles. The van der Waals surface area contributed by atoms with E-state index in [4.69, 9.17) is 4.74 Å². The van der Waals surface area contributed by atoms with Crippen LogP contribution in [0.2, 0.25) is 0 Å². The summed E-state index contributed by atoms with van der Waals surface area (Å²) in [6, 6.07) is 0. The second-order valence-corrected chi connectivity index (χ2v) is 4.57. The van der Waals surface area contributed by atoms with Gasteiger partial charge in [-0.25, -0.2) is 0 Å². The van der Waals surface area contributed by atoms with E-state index >= 15 is 0 Å². The highest BCUT2D eigenvalue weighted by molar-refractivity contribution is 7.98. The highest BCUT2D eigenvalue weighted by atomic mass is 32.2. The van der Waals surface area contributed by atoms with Crippen molar-refractivity contribution in [2.75, 3.05) is 44.9 Å². The molecule has 0 aliphatic rings. The summed E-state index contributed by atoms with van der Waals surface area (Å²) in [5.41, 5.74) is 0. The Bertz CT molecular complexity index is 189. The molecule has 0 aliphatic carbocycles. The smallest absolute Gasteiger partial charge is 0.191 e. The Hall–Kier alpha value is -0.420. The number of unbranched alkanes of at least 4 members (excludes halogenated alkanes) is 1. The van der Waals surface area contributed by atoms with Gasteiger partial charge in [-0.3, -0.25) is 4.99 Å². The van der Waals surface area contributed by atoms with E-state index in [2.05, 4.69) is 28.8 Å². The molecule has 0 aliphatic heterocycles. The van der Waals surface area contributed by atoms with Crippen molar-refractivity contribution >= 4 is 17.7 Å². The van der Waals surface area contributed by atoms with E-state index in [1.54, 1.807) is 0 Å². The van der Waals surface area contributed by atoms with Crippen LogP contribution in [0.15, 0.2) is 4.99 Å². The first-order valence-electron chi connectivity index (χ1n) is 6.44. The number of hydrogen-bond acceptors (Lipinski definition) is 3. The molecule has 0 bridgehead atoms. The number of nitrogens with one attached hydrogen (secondary N) is 2. The van der Waals surface area contributed by atoms with Crippen LogP contribution >= 0.6 is 11.8 Å². The fourth-order valence-corrected chi connectivity index (χ4v) is 1.57. The lowest BCUT2D eigenvalue weighted by molar-refractivity contribution is 0.144. The molecule has 0 spiro atoms. The first-order chi connectivity index (χ1) is 8.35. The minimum atomic E-state index is 0.808. The van der Waals surface area contributed by atoms with Crippen LogP contribution in [0.25, 0.3) is 0 Å². The Morgan fingerprint density at radius 3 is 2.71 bits per heavy atom. The van der Waals surface area contributed by atoms with Gasteiger partial charge in [-0.1, -0.05) is 0 Å². The van der Waals surface area contributed by atoms with Gasteiger partial charge < -0.3 is 15.4 Å². The zero-order chi connectivity index (χ0) is 12.8. The molecule has 0 atom stereocenters. The fraction of sp³-hybridized carbons (Fsp3) is 0.917. The molecule has 0 heterocycles. The topological polar surface area (TPSA) is 45.7 Å². The molecule has 2 N–H and O–H groups in total. The third-order valence-corrected chi connectivity index (χ3v) is 2.73. The predicted molar refractivity (Wildman–Crippen MR) is 78.1 cm³/mol. The minimum absolute atomic E-state index is 0.808. The van der Waals surface area contributed by atoms with Crippen LogP contribution in [-0.2, 0) is 4.74 Å². The minimum Gasteiger partial charge on any atom is -0.382 e. The maximum Gasteiger partial charge on any atom is 0.191 e. The van der Waals surface area contributed by atoms with Crippen molar-refractivity contribution in [2.45, 2.75) is 26.7 Å². The molecule has 0 unspecified atom stereocenters. The lowest BCUT2D eigenvalue weighted by atomic mass is 10.3. The summed E-state index contributed by atoms with van der Waals surface area (Å²) in [6.07, 6.45) is 4.28. The molecule has 17 heavy (non-hydrogen) atoms. The largest absolute Gasteiger partial charge is 0.382 e. The Labute approximate surface area is 110 Å². The number of aliphatic imine (C=N–C) groups is 1. The highest BCUT2D eigenvalue weighted by Gasteiger charge is 1.95.